The number of amides is 1. The van der Waals surface area contributed by atoms with Gasteiger partial charge in [0, 0.05) is 12.5 Å². The first-order chi connectivity index (χ1) is 6.31. The fraction of sp³-hybridized carbons (Fsp3) is 0.375. The van der Waals surface area contributed by atoms with Gasteiger partial charge in [0.15, 0.2) is 0 Å². The van der Waals surface area contributed by atoms with E-state index in [0.29, 0.717) is 0 Å². The van der Waals surface area contributed by atoms with Gasteiger partial charge in [0.05, 0.1) is 0 Å². The van der Waals surface area contributed by atoms with Gasteiger partial charge in [0.25, 0.3) is 0 Å². The molecule has 6 heteroatoms. The molecule has 0 aromatic rings. The molecular weight excluding hydrogens is 210 g/mol. The lowest BCUT2D eigenvalue weighted by atomic mass is 10.2. The molecule has 80 valence electrons. The summed E-state index contributed by atoms with van der Waals surface area (Å²) in [6, 6.07) is 0. The molecule has 0 radical (unpaired) electrons. The largest absolute Gasteiger partial charge is 0.478 e. The molecule has 0 aliphatic carbocycles. The molecule has 0 aromatic heterocycles. The zero-order valence-corrected chi connectivity index (χ0v) is 8.45. The number of carboxylic acids is 1. The lowest BCUT2D eigenvalue weighted by molar-refractivity contribution is -0.131. The van der Waals surface area contributed by atoms with E-state index in [0.717, 1.165) is 6.08 Å². The van der Waals surface area contributed by atoms with Crippen LogP contribution in [0.15, 0.2) is 12.7 Å². The molecule has 1 amide bonds. The van der Waals surface area contributed by atoms with E-state index in [1.165, 1.54) is 6.92 Å². The molecule has 0 aliphatic heterocycles. The number of carbonyl (C=O) groups excluding carboxylic acids is 2. The fourth-order valence-electron chi connectivity index (χ4n) is 0.353. The molecule has 0 rings (SSSR count). The van der Waals surface area contributed by atoms with E-state index in [1.54, 1.807) is 0 Å². The van der Waals surface area contributed by atoms with Gasteiger partial charge in [0.1, 0.15) is 11.2 Å². The molecule has 1 atom stereocenters. The molecule has 0 saturated heterocycles. The molecule has 0 aliphatic rings. The highest BCUT2D eigenvalue weighted by molar-refractivity contribution is 6.31. The molecule has 0 heterocycles. The maximum atomic E-state index is 10.3. The van der Waals surface area contributed by atoms with Crippen LogP contribution in [0.25, 0.3) is 0 Å². The molecule has 0 bridgehead atoms. The van der Waals surface area contributed by atoms with Crippen LogP contribution < -0.4 is 5.73 Å². The topological polar surface area (TPSA) is 97.5 Å². The zero-order valence-electron chi connectivity index (χ0n) is 7.70. The normalized spacial score (nSPS) is 10.4. The van der Waals surface area contributed by atoms with Gasteiger partial charge in [-0.25, -0.2) is 4.79 Å². The highest BCUT2D eigenvalue weighted by atomic mass is 35.5. The molecular formula is C8H12ClNO4. The van der Waals surface area contributed by atoms with Crippen LogP contribution in [0, 0.1) is 0 Å². The zero-order chi connectivity index (χ0) is 11.7. The first-order valence-electron chi connectivity index (χ1n) is 3.59. The number of Topliss-reactive ketones (excluding diaryl/α,β-unsaturated/α-hetero) is 1. The van der Waals surface area contributed by atoms with Crippen LogP contribution in [0.4, 0.5) is 0 Å². The fourth-order valence-corrected chi connectivity index (χ4v) is 0.570. The van der Waals surface area contributed by atoms with E-state index < -0.39 is 17.3 Å². The van der Waals surface area contributed by atoms with Crippen molar-refractivity contribution in [2.75, 3.05) is 0 Å². The van der Waals surface area contributed by atoms with Crippen molar-refractivity contribution in [1.29, 1.82) is 0 Å². The predicted octanol–water partition coefficient (Wildman–Crippen LogP) is 0.315. The summed E-state index contributed by atoms with van der Waals surface area (Å²) in [5.41, 5.74) is 4.76. The highest BCUT2D eigenvalue weighted by Crippen LogP contribution is 2.00. The van der Waals surface area contributed by atoms with Crippen LogP contribution in [0.2, 0.25) is 0 Å². The van der Waals surface area contributed by atoms with Crippen LogP contribution >= 0.6 is 11.6 Å². The number of hydrogen-bond donors (Lipinski definition) is 2. The number of ketones is 1. The van der Waals surface area contributed by atoms with Gasteiger partial charge >= 0.3 is 5.97 Å². The maximum Gasteiger partial charge on any atom is 0.327 e. The number of alkyl halides is 1. The van der Waals surface area contributed by atoms with Gasteiger partial charge in [-0.05, 0) is 6.92 Å². The van der Waals surface area contributed by atoms with Crippen LogP contribution in [0.5, 0.6) is 0 Å². The Kier molecular flexibility index (Phi) is 8.91. The van der Waals surface area contributed by atoms with Crippen molar-refractivity contribution in [2.24, 2.45) is 5.73 Å². The summed E-state index contributed by atoms with van der Waals surface area (Å²) in [7, 11) is 0. The number of nitrogens with two attached hydrogens (primary N) is 1. The second-order valence-corrected chi connectivity index (χ2v) is 2.85. The van der Waals surface area contributed by atoms with E-state index in [1.807, 2.05) is 0 Å². The Hall–Kier alpha value is -1.36. The van der Waals surface area contributed by atoms with Crippen molar-refractivity contribution in [1.82, 2.24) is 0 Å². The minimum Gasteiger partial charge on any atom is -0.478 e. The van der Waals surface area contributed by atoms with Gasteiger partial charge in [-0.1, -0.05) is 6.58 Å². The summed E-state index contributed by atoms with van der Waals surface area (Å²) in [6.07, 6.45) is 0.858. The molecule has 0 spiro atoms. The average molecular weight is 222 g/mol. The third kappa shape index (κ3) is 13.2. The van der Waals surface area contributed by atoms with Crippen molar-refractivity contribution in [3.63, 3.8) is 0 Å². The van der Waals surface area contributed by atoms with Crippen LogP contribution in [-0.2, 0) is 14.4 Å². The Balaban J connectivity index is 0. The smallest absolute Gasteiger partial charge is 0.327 e. The molecule has 3 N–H and O–H groups in total. The van der Waals surface area contributed by atoms with Crippen LogP contribution in [-0.4, -0.2) is 28.1 Å². The maximum absolute atomic E-state index is 10.3. The molecule has 5 nitrogen and oxygen atoms in total. The van der Waals surface area contributed by atoms with Crippen LogP contribution in [0.3, 0.4) is 0 Å². The van der Waals surface area contributed by atoms with E-state index in [-0.39, 0.29) is 12.2 Å². The van der Waals surface area contributed by atoms with Crippen molar-refractivity contribution in [2.45, 2.75) is 18.7 Å². The Morgan fingerprint density at radius 1 is 1.57 bits per heavy atom. The first-order valence-corrected chi connectivity index (χ1v) is 4.03. The lowest BCUT2D eigenvalue weighted by Crippen LogP contribution is -2.25. The number of aliphatic carboxylic acids is 1. The molecule has 0 fully saturated rings. The number of carboxylic acid groups (broad SMARTS) is 1. The SMILES string of the molecule is C=CC(=O)O.CC(=O)CC(Cl)C(N)=O. The summed E-state index contributed by atoms with van der Waals surface area (Å²) >= 11 is 5.32. The monoisotopic (exact) mass is 221 g/mol. The highest BCUT2D eigenvalue weighted by Gasteiger charge is 2.12. The number of rotatable bonds is 4. The second kappa shape index (κ2) is 8.25. The Morgan fingerprint density at radius 2 is 1.93 bits per heavy atom. The van der Waals surface area contributed by atoms with E-state index in [2.05, 4.69) is 6.58 Å². The minimum atomic E-state index is -0.981. The summed E-state index contributed by atoms with van der Waals surface area (Å²) in [4.78, 5) is 29.7. The summed E-state index contributed by atoms with van der Waals surface area (Å²) in [5.74, 6) is -1.76. The first kappa shape index (κ1) is 15.1. The van der Waals surface area contributed by atoms with Crippen molar-refractivity contribution < 1.29 is 19.5 Å². The van der Waals surface area contributed by atoms with Crippen LogP contribution in [0.1, 0.15) is 13.3 Å². The Labute approximate surface area is 86.5 Å². The lowest BCUT2D eigenvalue weighted by Gasteiger charge is -1.98. The molecule has 1 unspecified atom stereocenters. The van der Waals surface area contributed by atoms with Gasteiger partial charge in [-0.3, -0.25) is 9.59 Å². The quantitative estimate of drug-likeness (QED) is 0.528. The van der Waals surface area contributed by atoms with Gasteiger partial charge < -0.3 is 10.8 Å². The van der Waals surface area contributed by atoms with Crippen molar-refractivity contribution in [3.05, 3.63) is 12.7 Å². The van der Waals surface area contributed by atoms with E-state index >= 15 is 0 Å². The number of carbonyl (C=O) groups is 3. The van der Waals surface area contributed by atoms with E-state index in [9.17, 15) is 14.4 Å². The standard InChI is InChI=1S/C5H8ClNO2.C3H4O2/c1-3(8)2-4(6)5(7)9;1-2-3(4)5/h4H,2H2,1H3,(H2,7,9);2H,1H2,(H,4,5). The number of primary amides is 1. The second-order valence-electron chi connectivity index (χ2n) is 2.32. The summed E-state index contributed by atoms with van der Waals surface area (Å²) in [6.45, 7) is 4.32. The van der Waals surface area contributed by atoms with Crippen molar-refractivity contribution >= 4 is 29.3 Å². The van der Waals surface area contributed by atoms with Gasteiger partial charge in [0.2, 0.25) is 5.91 Å². The predicted molar refractivity (Wildman–Crippen MR) is 52.0 cm³/mol. The Bertz CT molecular complexity index is 239. The third-order valence-electron chi connectivity index (χ3n) is 0.950. The summed E-state index contributed by atoms with van der Waals surface area (Å²) in [5, 5.41) is 6.76. The molecule has 14 heavy (non-hydrogen) atoms. The van der Waals surface area contributed by atoms with E-state index in [4.69, 9.17) is 22.4 Å². The van der Waals surface area contributed by atoms with Gasteiger partial charge in [-0.2, -0.15) is 0 Å². The third-order valence-corrected chi connectivity index (χ3v) is 1.32. The Morgan fingerprint density at radius 3 is 2.00 bits per heavy atom. The average Bonchev–Trinajstić information content (AvgIpc) is 2.04. The minimum absolute atomic E-state index is 0.0247. The van der Waals surface area contributed by atoms with Gasteiger partial charge in [-0.15, -0.1) is 11.6 Å². The number of hydrogen-bond acceptors (Lipinski definition) is 3. The molecule has 0 aromatic carbocycles. The van der Waals surface area contributed by atoms with Crippen molar-refractivity contribution in [3.8, 4) is 0 Å². The summed E-state index contributed by atoms with van der Waals surface area (Å²) < 4.78 is 0. The molecule has 0 saturated carbocycles. The number of halogens is 1.